The summed E-state index contributed by atoms with van der Waals surface area (Å²) in [6.07, 6.45) is -3.39. The van der Waals surface area contributed by atoms with Crippen molar-refractivity contribution in [2.75, 3.05) is 17.1 Å². The number of carbonyl (C=O) groups excluding carboxylic acids is 2. The number of nitrogens with zero attached hydrogens (tertiary/aromatic N) is 2. The standard InChI is InChI=1S/C24H29ClF3N3O4S/c1-5-16(2)29-23(33)17(3)30(14-18-9-7-6-8-10-18)22(32)15-31(36(4,34)35)19-11-12-21(25)20(13-19)24(26,27)28/h6-13,16-17H,5,14-15H2,1-4H3,(H,29,33). The van der Waals surface area contributed by atoms with E-state index in [-0.39, 0.29) is 18.3 Å². The van der Waals surface area contributed by atoms with Crippen LogP contribution in [0.2, 0.25) is 5.02 Å². The minimum absolute atomic E-state index is 0.0131. The van der Waals surface area contributed by atoms with E-state index in [4.69, 9.17) is 11.6 Å². The maximum absolute atomic E-state index is 13.4. The van der Waals surface area contributed by atoms with E-state index >= 15 is 0 Å². The van der Waals surface area contributed by atoms with E-state index in [9.17, 15) is 31.2 Å². The number of sulfonamides is 1. The van der Waals surface area contributed by atoms with Crippen LogP contribution in [0.3, 0.4) is 0 Å². The van der Waals surface area contributed by atoms with Crippen molar-refractivity contribution in [1.29, 1.82) is 0 Å². The van der Waals surface area contributed by atoms with E-state index in [1.807, 2.05) is 6.92 Å². The van der Waals surface area contributed by atoms with Crippen LogP contribution >= 0.6 is 11.6 Å². The predicted molar refractivity (Wildman–Crippen MR) is 133 cm³/mol. The molecule has 0 aromatic heterocycles. The van der Waals surface area contributed by atoms with Crippen LogP contribution < -0.4 is 9.62 Å². The molecule has 0 radical (unpaired) electrons. The Kier molecular flexibility index (Phi) is 9.78. The molecule has 0 saturated heterocycles. The number of benzene rings is 2. The lowest BCUT2D eigenvalue weighted by Gasteiger charge is -2.32. The van der Waals surface area contributed by atoms with Gasteiger partial charge in [0.05, 0.1) is 22.5 Å². The van der Waals surface area contributed by atoms with Gasteiger partial charge in [0.15, 0.2) is 0 Å². The van der Waals surface area contributed by atoms with Crippen molar-refractivity contribution >= 4 is 39.1 Å². The van der Waals surface area contributed by atoms with Crippen LogP contribution in [-0.2, 0) is 32.3 Å². The highest BCUT2D eigenvalue weighted by Crippen LogP contribution is 2.37. The Morgan fingerprint density at radius 2 is 1.69 bits per heavy atom. The molecule has 12 heteroatoms. The minimum Gasteiger partial charge on any atom is -0.352 e. The highest BCUT2D eigenvalue weighted by molar-refractivity contribution is 7.92. The molecular weight excluding hydrogens is 519 g/mol. The number of halogens is 4. The van der Waals surface area contributed by atoms with Gasteiger partial charge in [0, 0.05) is 12.6 Å². The molecule has 0 aliphatic carbocycles. The van der Waals surface area contributed by atoms with Crippen molar-refractivity contribution in [2.24, 2.45) is 0 Å². The summed E-state index contributed by atoms with van der Waals surface area (Å²) in [5.74, 6) is -1.20. The second-order valence-corrected chi connectivity index (χ2v) is 10.7. The molecule has 2 atom stereocenters. The largest absolute Gasteiger partial charge is 0.417 e. The van der Waals surface area contributed by atoms with Crippen LogP contribution in [0.5, 0.6) is 0 Å². The summed E-state index contributed by atoms with van der Waals surface area (Å²) in [4.78, 5) is 27.4. The Labute approximate surface area is 214 Å². The molecule has 2 aromatic carbocycles. The Hall–Kier alpha value is -2.79. The highest BCUT2D eigenvalue weighted by atomic mass is 35.5. The van der Waals surface area contributed by atoms with Crippen molar-refractivity contribution in [3.63, 3.8) is 0 Å². The van der Waals surface area contributed by atoms with Crippen molar-refractivity contribution in [2.45, 2.75) is 52.0 Å². The summed E-state index contributed by atoms with van der Waals surface area (Å²) in [6, 6.07) is 10.2. The zero-order chi connectivity index (χ0) is 27.3. The molecule has 1 N–H and O–H groups in total. The number of rotatable bonds is 10. The molecule has 0 aliphatic rings. The molecule has 0 bridgehead atoms. The number of hydrogen-bond acceptors (Lipinski definition) is 4. The quantitative estimate of drug-likeness (QED) is 0.476. The Balaban J connectivity index is 2.45. The van der Waals surface area contributed by atoms with Gasteiger partial charge in [0.1, 0.15) is 12.6 Å². The lowest BCUT2D eigenvalue weighted by molar-refractivity contribution is -0.139. The summed E-state index contributed by atoms with van der Waals surface area (Å²) in [6.45, 7) is 4.37. The lowest BCUT2D eigenvalue weighted by atomic mass is 10.1. The molecule has 0 saturated carbocycles. The molecule has 2 amide bonds. The van der Waals surface area contributed by atoms with Crippen molar-refractivity contribution in [3.8, 4) is 0 Å². The van der Waals surface area contributed by atoms with E-state index < -0.39 is 51.2 Å². The summed E-state index contributed by atoms with van der Waals surface area (Å²) in [5, 5.41) is 2.19. The highest BCUT2D eigenvalue weighted by Gasteiger charge is 2.35. The van der Waals surface area contributed by atoms with Crippen LogP contribution in [0.4, 0.5) is 18.9 Å². The summed E-state index contributed by atoms with van der Waals surface area (Å²) in [5.41, 5.74) is -0.921. The first-order valence-corrected chi connectivity index (χ1v) is 13.4. The third-order valence-corrected chi connectivity index (χ3v) is 7.06. The number of anilines is 1. The number of alkyl halides is 3. The SMILES string of the molecule is CCC(C)NC(=O)C(C)N(Cc1ccccc1)C(=O)CN(c1ccc(Cl)c(C(F)(F)F)c1)S(C)(=O)=O. The minimum atomic E-state index is -4.83. The van der Waals surface area contributed by atoms with E-state index in [1.54, 1.807) is 37.3 Å². The molecule has 36 heavy (non-hydrogen) atoms. The first-order chi connectivity index (χ1) is 16.6. The number of carbonyl (C=O) groups is 2. The average Bonchev–Trinajstić information content (AvgIpc) is 2.80. The first kappa shape index (κ1) is 29.4. The van der Waals surface area contributed by atoms with E-state index in [0.29, 0.717) is 22.4 Å². The summed E-state index contributed by atoms with van der Waals surface area (Å²) in [7, 11) is -4.19. The van der Waals surface area contributed by atoms with Crippen LogP contribution in [0.25, 0.3) is 0 Å². The second kappa shape index (κ2) is 12.0. The van der Waals surface area contributed by atoms with Gasteiger partial charge < -0.3 is 10.2 Å². The Bertz CT molecular complexity index is 1180. The molecule has 0 heterocycles. The summed E-state index contributed by atoms with van der Waals surface area (Å²) < 4.78 is 65.8. The zero-order valence-electron chi connectivity index (χ0n) is 20.3. The second-order valence-electron chi connectivity index (χ2n) is 8.43. The van der Waals surface area contributed by atoms with Gasteiger partial charge in [-0.05, 0) is 44.0 Å². The Morgan fingerprint density at radius 3 is 2.22 bits per heavy atom. The van der Waals surface area contributed by atoms with Crippen LogP contribution in [0, 0.1) is 0 Å². The van der Waals surface area contributed by atoms with Gasteiger partial charge in [-0.1, -0.05) is 48.9 Å². The zero-order valence-corrected chi connectivity index (χ0v) is 21.9. The maximum atomic E-state index is 13.4. The predicted octanol–water partition coefficient (Wildman–Crippen LogP) is 4.46. The van der Waals surface area contributed by atoms with Gasteiger partial charge in [0.2, 0.25) is 21.8 Å². The van der Waals surface area contributed by atoms with Gasteiger partial charge in [-0.15, -0.1) is 0 Å². The lowest BCUT2D eigenvalue weighted by Crippen LogP contribution is -2.52. The molecule has 2 aromatic rings. The van der Waals surface area contributed by atoms with Gasteiger partial charge >= 0.3 is 6.18 Å². The van der Waals surface area contributed by atoms with Gasteiger partial charge in [-0.2, -0.15) is 13.2 Å². The van der Waals surface area contributed by atoms with Crippen molar-refractivity contribution in [3.05, 3.63) is 64.7 Å². The molecule has 2 unspecified atom stereocenters. The van der Waals surface area contributed by atoms with Crippen molar-refractivity contribution < 1.29 is 31.2 Å². The normalized spacial score (nSPS) is 13.6. The van der Waals surface area contributed by atoms with Crippen LogP contribution in [-0.4, -0.2) is 50.0 Å². The fourth-order valence-electron chi connectivity index (χ4n) is 3.33. The monoisotopic (exact) mass is 547 g/mol. The molecule has 198 valence electrons. The van der Waals surface area contributed by atoms with Crippen LogP contribution in [0.1, 0.15) is 38.3 Å². The third kappa shape index (κ3) is 7.86. The molecule has 0 fully saturated rings. The average molecular weight is 548 g/mol. The van der Waals surface area contributed by atoms with Crippen LogP contribution in [0.15, 0.2) is 48.5 Å². The third-order valence-electron chi connectivity index (χ3n) is 5.59. The van der Waals surface area contributed by atoms with Gasteiger partial charge in [-0.3, -0.25) is 13.9 Å². The number of nitrogens with one attached hydrogen (secondary N) is 1. The topological polar surface area (TPSA) is 86.8 Å². The fourth-order valence-corrected chi connectivity index (χ4v) is 4.39. The van der Waals surface area contributed by atoms with E-state index in [1.165, 1.54) is 11.8 Å². The van der Waals surface area contributed by atoms with E-state index in [2.05, 4.69) is 5.32 Å². The Morgan fingerprint density at radius 1 is 1.08 bits per heavy atom. The first-order valence-electron chi connectivity index (χ1n) is 11.1. The molecule has 7 nitrogen and oxygen atoms in total. The maximum Gasteiger partial charge on any atom is 0.417 e. The molecular formula is C24H29ClF3N3O4S. The van der Waals surface area contributed by atoms with Gasteiger partial charge in [-0.25, -0.2) is 8.42 Å². The molecule has 0 aliphatic heterocycles. The fraction of sp³-hybridized carbons (Fsp3) is 0.417. The number of amides is 2. The van der Waals surface area contributed by atoms with Crippen molar-refractivity contribution in [1.82, 2.24) is 10.2 Å². The molecule has 2 rings (SSSR count). The number of hydrogen-bond donors (Lipinski definition) is 1. The van der Waals surface area contributed by atoms with E-state index in [0.717, 1.165) is 18.4 Å². The van der Waals surface area contributed by atoms with Gasteiger partial charge in [0.25, 0.3) is 0 Å². The summed E-state index contributed by atoms with van der Waals surface area (Å²) >= 11 is 5.67. The molecule has 0 spiro atoms. The smallest absolute Gasteiger partial charge is 0.352 e.